The van der Waals surface area contributed by atoms with E-state index in [1.54, 1.807) is 0 Å². The second kappa shape index (κ2) is 6.13. The summed E-state index contributed by atoms with van der Waals surface area (Å²) in [6, 6.07) is 0.601. The first kappa shape index (κ1) is 10.7. The lowest BCUT2D eigenvalue weighted by molar-refractivity contribution is 0.0206. The summed E-state index contributed by atoms with van der Waals surface area (Å²) in [4.78, 5) is 2.46. The molecule has 0 amide bonds. The quantitative estimate of drug-likeness (QED) is 0.497. The lowest BCUT2D eigenvalue weighted by Gasteiger charge is -2.32. The van der Waals surface area contributed by atoms with Crippen LogP contribution < -0.4 is 5.32 Å². The number of hydrogen-bond acceptors (Lipinski definition) is 3. The van der Waals surface area contributed by atoms with Crippen molar-refractivity contribution in [2.45, 2.75) is 13.0 Å². The van der Waals surface area contributed by atoms with E-state index in [0.717, 1.165) is 39.4 Å². The fourth-order valence-electron chi connectivity index (χ4n) is 1.54. The maximum Gasteiger partial charge on any atom is 0.0594 e. The molecule has 1 atom stereocenters. The summed E-state index contributed by atoms with van der Waals surface area (Å²) in [5, 5.41) is 3.33. The number of hydrogen-bond donors (Lipinski definition) is 1. The Morgan fingerprint density at radius 2 is 2.23 bits per heavy atom. The second-order valence-corrected chi connectivity index (χ2v) is 3.44. The number of ether oxygens (including phenoxy) is 1. The molecule has 0 spiro atoms. The fourth-order valence-corrected chi connectivity index (χ4v) is 1.54. The molecule has 0 aromatic carbocycles. The topological polar surface area (TPSA) is 24.5 Å². The molecule has 0 bridgehead atoms. The molecule has 1 rings (SSSR count). The van der Waals surface area contributed by atoms with E-state index in [4.69, 9.17) is 4.74 Å². The Bertz CT molecular complexity index is 144. The van der Waals surface area contributed by atoms with E-state index < -0.39 is 0 Å². The normalized spacial score (nSPS) is 21.3. The van der Waals surface area contributed by atoms with E-state index >= 15 is 0 Å². The summed E-state index contributed by atoms with van der Waals surface area (Å²) >= 11 is 0. The largest absolute Gasteiger partial charge is 0.379 e. The van der Waals surface area contributed by atoms with Crippen LogP contribution in [0.1, 0.15) is 6.92 Å². The summed E-state index contributed by atoms with van der Waals surface area (Å²) in [7, 11) is 0. The molecular weight excluding hydrogens is 164 g/mol. The van der Waals surface area contributed by atoms with E-state index in [0.29, 0.717) is 6.04 Å². The van der Waals surface area contributed by atoms with Crippen molar-refractivity contribution >= 4 is 0 Å². The van der Waals surface area contributed by atoms with Gasteiger partial charge in [0.15, 0.2) is 0 Å². The molecule has 0 aromatic heterocycles. The minimum absolute atomic E-state index is 0.601. The minimum atomic E-state index is 0.601. The van der Waals surface area contributed by atoms with Crippen molar-refractivity contribution in [2.24, 2.45) is 0 Å². The zero-order valence-electron chi connectivity index (χ0n) is 8.46. The Labute approximate surface area is 80.8 Å². The van der Waals surface area contributed by atoms with Gasteiger partial charge in [-0.15, -0.1) is 6.58 Å². The Hall–Kier alpha value is -0.380. The first-order valence-electron chi connectivity index (χ1n) is 4.98. The van der Waals surface area contributed by atoms with Crippen LogP contribution in [0.15, 0.2) is 12.7 Å². The van der Waals surface area contributed by atoms with Gasteiger partial charge in [0, 0.05) is 32.2 Å². The van der Waals surface area contributed by atoms with Gasteiger partial charge in [-0.3, -0.25) is 4.90 Å². The average Bonchev–Trinajstić information content (AvgIpc) is 2.19. The molecule has 0 radical (unpaired) electrons. The Morgan fingerprint density at radius 3 is 2.85 bits per heavy atom. The molecule has 76 valence electrons. The Morgan fingerprint density at radius 1 is 1.54 bits per heavy atom. The van der Waals surface area contributed by atoms with Gasteiger partial charge in [-0.05, 0) is 6.92 Å². The highest BCUT2D eigenvalue weighted by Crippen LogP contribution is 2.01. The average molecular weight is 184 g/mol. The van der Waals surface area contributed by atoms with Crippen LogP contribution in [0.3, 0.4) is 0 Å². The Kier molecular flexibility index (Phi) is 5.05. The van der Waals surface area contributed by atoms with Gasteiger partial charge in [-0.2, -0.15) is 0 Å². The predicted molar refractivity (Wildman–Crippen MR) is 54.9 cm³/mol. The third-order valence-corrected chi connectivity index (χ3v) is 2.40. The van der Waals surface area contributed by atoms with Gasteiger partial charge in [0.2, 0.25) is 0 Å². The zero-order valence-corrected chi connectivity index (χ0v) is 8.46. The summed E-state index contributed by atoms with van der Waals surface area (Å²) < 4.78 is 5.30. The van der Waals surface area contributed by atoms with Crippen LogP contribution in [0.5, 0.6) is 0 Å². The molecule has 3 heteroatoms. The first-order chi connectivity index (χ1) is 6.34. The van der Waals surface area contributed by atoms with E-state index in [1.165, 1.54) is 0 Å². The molecule has 1 heterocycles. The van der Waals surface area contributed by atoms with Gasteiger partial charge in [-0.1, -0.05) is 6.08 Å². The zero-order chi connectivity index (χ0) is 9.52. The molecule has 1 fully saturated rings. The molecule has 1 unspecified atom stereocenters. The monoisotopic (exact) mass is 184 g/mol. The highest BCUT2D eigenvalue weighted by Gasteiger charge is 2.15. The van der Waals surface area contributed by atoms with E-state index in [2.05, 4.69) is 23.7 Å². The molecule has 13 heavy (non-hydrogen) atoms. The summed E-state index contributed by atoms with van der Waals surface area (Å²) in [6.07, 6.45) is 1.89. The highest BCUT2D eigenvalue weighted by molar-refractivity contribution is 4.75. The van der Waals surface area contributed by atoms with Gasteiger partial charge in [0.05, 0.1) is 13.2 Å². The lowest BCUT2D eigenvalue weighted by Crippen LogP contribution is -2.46. The minimum Gasteiger partial charge on any atom is -0.379 e. The van der Waals surface area contributed by atoms with Crippen molar-refractivity contribution in [2.75, 3.05) is 39.4 Å². The third-order valence-electron chi connectivity index (χ3n) is 2.40. The number of morpholine rings is 1. The summed E-state index contributed by atoms with van der Waals surface area (Å²) in [5.41, 5.74) is 0. The number of nitrogens with zero attached hydrogens (tertiary/aromatic N) is 1. The van der Waals surface area contributed by atoms with Crippen LogP contribution in [0.4, 0.5) is 0 Å². The lowest BCUT2D eigenvalue weighted by atomic mass is 10.2. The van der Waals surface area contributed by atoms with Gasteiger partial charge in [0.1, 0.15) is 0 Å². The molecule has 0 saturated carbocycles. The van der Waals surface area contributed by atoms with Gasteiger partial charge in [-0.25, -0.2) is 0 Å². The highest BCUT2D eigenvalue weighted by atomic mass is 16.5. The van der Waals surface area contributed by atoms with Crippen molar-refractivity contribution in [1.82, 2.24) is 10.2 Å². The van der Waals surface area contributed by atoms with Crippen LogP contribution >= 0.6 is 0 Å². The molecule has 1 saturated heterocycles. The van der Waals surface area contributed by atoms with Crippen LogP contribution in [-0.4, -0.2) is 50.3 Å². The molecule has 3 nitrogen and oxygen atoms in total. The van der Waals surface area contributed by atoms with Crippen molar-refractivity contribution in [1.29, 1.82) is 0 Å². The van der Waals surface area contributed by atoms with Crippen LogP contribution in [0.25, 0.3) is 0 Å². The summed E-state index contributed by atoms with van der Waals surface area (Å²) in [5.74, 6) is 0. The van der Waals surface area contributed by atoms with Gasteiger partial charge < -0.3 is 10.1 Å². The van der Waals surface area contributed by atoms with E-state index in [9.17, 15) is 0 Å². The molecule has 1 aliphatic rings. The van der Waals surface area contributed by atoms with Crippen molar-refractivity contribution in [3.05, 3.63) is 12.7 Å². The van der Waals surface area contributed by atoms with Crippen molar-refractivity contribution in [3.63, 3.8) is 0 Å². The van der Waals surface area contributed by atoms with Gasteiger partial charge in [0.25, 0.3) is 0 Å². The smallest absolute Gasteiger partial charge is 0.0594 e. The molecule has 0 aromatic rings. The standard InChI is InChI=1S/C10H20N2O/c1-3-4-11-9-10(2)12-5-7-13-8-6-12/h3,10-11H,1,4-9H2,2H3. The molecule has 0 aliphatic carbocycles. The first-order valence-corrected chi connectivity index (χ1v) is 4.98. The van der Waals surface area contributed by atoms with Gasteiger partial charge >= 0.3 is 0 Å². The molecular formula is C10H20N2O. The predicted octanol–water partition coefficient (Wildman–Crippen LogP) is 0.483. The number of rotatable bonds is 5. The van der Waals surface area contributed by atoms with E-state index in [1.807, 2.05) is 6.08 Å². The Balaban J connectivity index is 2.13. The van der Waals surface area contributed by atoms with Crippen LogP contribution in [0.2, 0.25) is 0 Å². The van der Waals surface area contributed by atoms with Crippen molar-refractivity contribution < 1.29 is 4.74 Å². The van der Waals surface area contributed by atoms with E-state index in [-0.39, 0.29) is 0 Å². The van der Waals surface area contributed by atoms with Crippen LogP contribution in [0, 0.1) is 0 Å². The maximum atomic E-state index is 5.30. The fraction of sp³-hybridized carbons (Fsp3) is 0.800. The molecule has 1 N–H and O–H groups in total. The third kappa shape index (κ3) is 3.89. The summed E-state index contributed by atoms with van der Waals surface area (Å²) in [6.45, 7) is 11.8. The van der Waals surface area contributed by atoms with Crippen molar-refractivity contribution in [3.8, 4) is 0 Å². The number of nitrogens with one attached hydrogen (secondary N) is 1. The maximum absolute atomic E-state index is 5.30. The SMILES string of the molecule is C=CCNCC(C)N1CCOCC1. The molecule has 1 aliphatic heterocycles. The van der Waals surface area contributed by atoms with Crippen LogP contribution in [-0.2, 0) is 4.74 Å². The second-order valence-electron chi connectivity index (χ2n) is 3.44.